The van der Waals surface area contributed by atoms with E-state index in [0.29, 0.717) is 0 Å². The van der Waals surface area contributed by atoms with Crippen LogP contribution in [0.4, 0.5) is 0 Å². The van der Waals surface area contributed by atoms with Crippen molar-refractivity contribution >= 4 is 7.94 Å². The minimum atomic E-state index is -3.85. The van der Waals surface area contributed by atoms with Crippen LogP contribution in [0.3, 0.4) is 0 Å². The first-order chi connectivity index (χ1) is 15.0. The molecular weight excluding hydrogens is 439 g/mol. The van der Waals surface area contributed by atoms with Gasteiger partial charge in [0.2, 0.25) is 0 Å². The van der Waals surface area contributed by atoms with Crippen LogP contribution in [0.1, 0.15) is 123 Å². The standard InChI is InChI=1S/C30H49O3P/c1-27(2,3)20-14-16-22(24(18-20)29(7,8)9)26(33-34(13,31)32)23-17-15-21(28(4,5)6)19-25(23)30(10,11)12/h14-19,26,31-32,34H,1-13H3. The predicted octanol–water partition coefficient (Wildman–Crippen LogP) is 8.09. The van der Waals surface area contributed by atoms with Crippen LogP contribution in [0.25, 0.3) is 0 Å². The summed E-state index contributed by atoms with van der Waals surface area (Å²) in [4.78, 5) is 21.1. The molecule has 4 heteroatoms. The summed E-state index contributed by atoms with van der Waals surface area (Å²) in [5.74, 6) is 0. The SMILES string of the molecule is CC(C)(C)c1ccc(C(O[PH](C)(O)O)c2ccc(C(C)(C)C)cc2C(C)(C)C)c(C(C)(C)C)c1. The Morgan fingerprint density at radius 3 is 1.15 bits per heavy atom. The molecule has 0 atom stereocenters. The van der Waals surface area contributed by atoms with Gasteiger partial charge in [-0.1, -0.05) is 0 Å². The average Bonchev–Trinajstić information content (AvgIpc) is 2.61. The van der Waals surface area contributed by atoms with Crippen molar-refractivity contribution in [1.29, 1.82) is 0 Å². The van der Waals surface area contributed by atoms with Crippen molar-refractivity contribution in [2.24, 2.45) is 0 Å². The van der Waals surface area contributed by atoms with Crippen LogP contribution in [0.2, 0.25) is 0 Å². The third-order valence-electron chi connectivity index (χ3n) is 6.36. The fraction of sp³-hybridized carbons (Fsp3) is 0.600. The van der Waals surface area contributed by atoms with Crippen molar-refractivity contribution < 1.29 is 14.3 Å². The maximum absolute atomic E-state index is 10.5. The van der Waals surface area contributed by atoms with Gasteiger partial charge in [0.1, 0.15) is 0 Å². The van der Waals surface area contributed by atoms with Gasteiger partial charge < -0.3 is 0 Å². The van der Waals surface area contributed by atoms with E-state index < -0.39 is 14.0 Å². The normalized spacial score (nSPS) is 14.6. The van der Waals surface area contributed by atoms with Crippen molar-refractivity contribution in [3.63, 3.8) is 0 Å². The molecule has 0 aliphatic rings. The van der Waals surface area contributed by atoms with Gasteiger partial charge in [0.25, 0.3) is 0 Å². The van der Waals surface area contributed by atoms with E-state index in [2.05, 4.69) is 119 Å². The zero-order valence-corrected chi connectivity index (χ0v) is 24.8. The zero-order valence-electron chi connectivity index (χ0n) is 23.8. The van der Waals surface area contributed by atoms with E-state index in [0.717, 1.165) is 11.1 Å². The Morgan fingerprint density at radius 2 is 0.912 bits per heavy atom. The van der Waals surface area contributed by atoms with E-state index in [4.69, 9.17) is 4.52 Å². The number of rotatable bonds is 4. The number of hydrogen-bond donors (Lipinski definition) is 2. The Morgan fingerprint density at radius 1 is 0.588 bits per heavy atom. The first-order valence-electron chi connectivity index (χ1n) is 12.4. The maximum atomic E-state index is 10.5. The van der Waals surface area contributed by atoms with Gasteiger partial charge >= 0.3 is 210 Å². The third-order valence-corrected chi connectivity index (χ3v) is 7.04. The summed E-state index contributed by atoms with van der Waals surface area (Å²) in [5, 5.41) is 0. The van der Waals surface area contributed by atoms with Crippen LogP contribution in [-0.4, -0.2) is 16.5 Å². The van der Waals surface area contributed by atoms with E-state index in [-0.39, 0.29) is 21.7 Å². The van der Waals surface area contributed by atoms with E-state index >= 15 is 0 Å². The summed E-state index contributed by atoms with van der Waals surface area (Å²) in [7, 11) is -3.85. The monoisotopic (exact) mass is 488 g/mol. The van der Waals surface area contributed by atoms with Crippen LogP contribution in [0.5, 0.6) is 0 Å². The third kappa shape index (κ3) is 7.14. The molecule has 0 heterocycles. The second-order valence-electron chi connectivity index (χ2n) is 14.0. The summed E-state index contributed by atoms with van der Waals surface area (Å²) in [6.45, 7) is 28.0. The van der Waals surface area contributed by atoms with Gasteiger partial charge in [-0.15, -0.1) is 0 Å². The molecule has 0 saturated carbocycles. The first kappa shape index (κ1) is 29.0. The molecule has 0 aromatic heterocycles. The van der Waals surface area contributed by atoms with Gasteiger partial charge in [0.15, 0.2) is 0 Å². The fourth-order valence-electron chi connectivity index (χ4n) is 4.32. The van der Waals surface area contributed by atoms with E-state index in [1.807, 2.05) is 0 Å². The Kier molecular flexibility index (Phi) is 7.95. The molecule has 2 aromatic carbocycles. The molecule has 3 nitrogen and oxygen atoms in total. The average molecular weight is 489 g/mol. The minimum absolute atomic E-state index is 0.0109. The van der Waals surface area contributed by atoms with Crippen molar-refractivity contribution in [2.75, 3.05) is 6.66 Å². The summed E-state index contributed by atoms with van der Waals surface area (Å²) >= 11 is 0. The molecule has 192 valence electrons. The Bertz CT molecular complexity index is 928. The Labute approximate surface area is 209 Å². The summed E-state index contributed by atoms with van der Waals surface area (Å²) in [6, 6.07) is 13.1. The van der Waals surface area contributed by atoms with Gasteiger partial charge in [-0.3, -0.25) is 0 Å². The quantitative estimate of drug-likeness (QED) is 0.428. The van der Waals surface area contributed by atoms with Gasteiger partial charge in [0, 0.05) is 0 Å². The van der Waals surface area contributed by atoms with E-state index in [9.17, 15) is 9.79 Å². The van der Waals surface area contributed by atoms with Crippen LogP contribution in [-0.2, 0) is 26.2 Å². The molecule has 0 amide bonds. The van der Waals surface area contributed by atoms with Crippen molar-refractivity contribution in [3.05, 3.63) is 69.8 Å². The van der Waals surface area contributed by atoms with Crippen LogP contribution in [0, 0.1) is 0 Å². The number of benzene rings is 2. The molecule has 34 heavy (non-hydrogen) atoms. The van der Waals surface area contributed by atoms with Gasteiger partial charge in [-0.2, -0.15) is 0 Å². The predicted molar refractivity (Wildman–Crippen MR) is 149 cm³/mol. The second kappa shape index (κ2) is 9.32. The molecule has 0 spiro atoms. The topological polar surface area (TPSA) is 49.7 Å². The van der Waals surface area contributed by atoms with Crippen molar-refractivity contribution in [2.45, 2.75) is 111 Å². The second-order valence-corrected chi connectivity index (χ2v) is 16.1. The Hall–Kier alpha value is -1.25. The van der Waals surface area contributed by atoms with Crippen molar-refractivity contribution in [3.8, 4) is 0 Å². The molecule has 2 N–H and O–H groups in total. The molecule has 0 aliphatic carbocycles. The zero-order chi connectivity index (χ0) is 26.5. The van der Waals surface area contributed by atoms with Gasteiger partial charge in [0.05, 0.1) is 0 Å². The van der Waals surface area contributed by atoms with Gasteiger partial charge in [-0.05, 0) is 0 Å². The molecule has 0 fully saturated rings. The molecule has 0 bridgehead atoms. The fourth-order valence-corrected chi connectivity index (χ4v) is 5.02. The number of hydrogen-bond acceptors (Lipinski definition) is 3. The first-order valence-corrected chi connectivity index (χ1v) is 14.7. The van der Waals surface area contributed by atoms with Crippen molar-refractivity contribution in [1.82, 2.24) is 0 Å². The van der Waals surface area contributed by atoms with Crippen LogP contribution in [0.15, 0.2) is 36.4 Å². The van der Waals surface area contributed by atoms with E-state index in [1.54, 1.807) is 0 Å². The van der Waals surface area contributed by atoms with Crippen LogP contribution >= 0.6 is 7.94 Å². The molecule has 0 saturated heterocycles. The summed E-state index contributed by atoms with van der Waals surface area (Å²) in [6.07, 6.45) is -0.571. The molecule has 2 rings (SSSR count). The molecule has 0 unspecified atom stereocenters. The molecule has 0 radical (unpaired) electrons. The summed E-state index contributed by atoms with van der Waals surface area (Å²) < 4.78 is 6.18. The molecule has 0 aliphatic heterocycles. The Balaban J connectivity index is 2.92. The molecule has 2 aromatic rings. The van der Waals surface area contributed by atoms with Crippen LogP contribution < -0.4 is 0 Å². The van der Waals surface area contributed by atoms with E-state index in [1.165, 1.54) is 28.9 Å². The molecular formula is C30H49O3P. The summed E-state index contributed by atoms with van der Waals surface area (Å²) in [5.41, 5.74) is 6.58. The van der Waals surface area contributed by atoms with Gasteiger partial charge in [-0.25, -0.2) is 0 Å².